The lowest BCUT2D eigenvalue weighted by Crippen LogP contribution is -2.37. The van der Waals surface area contributed by atoms with E-state index in [-0.39, 0.29) is 29.7 Å². The summed E-state index contributed by atoms with van der Waals surface area (Å²) in [6.07, 6.45) is 0. The third-order valence-electron chi connectivity index (χ3n) is 4.54. The smallest absolute Gasteiger partial charge is 0.226 e. The Morgan fingerprint density at radius 3 is 1.92 bits per heavy atom. The minimum atomic E-state index is -0.380. The van der Waals surface area contributed by atoms with Crippen molar-refractivity contribution in [2.75, 3.05) is 6.54 Å². The number of carbonyl (C=O) groups excluding carboxylic acids is 2. The van der Waals surface area contributed by atoms with E-state index in [0.29, 0.717) is 16.6 Å². The van der Waals surface area contributed by atoms with Gasteiger partial charge in [-0.3, -0.25) is 9.59 Å². The van der Waals surface area contributed by atoms with Crippen LogP contribution in [0.3, 0.4) is 0 Å². The van der Waals surface area contributed by atoms with Crippen LogP contribution in [0.1, 0.15) is 24.1 Å². The van der Waals surface area contributed by atoms with Crippen LogP contribution in [-0.4, -0.2) is 18.4 Å². The Morgan fingerprint density at radius 2 is 1.52 bits per heavy atom. The van der Waals surface area contributed by atoms with Crippen molar-refractivity contribution in [3.63, 3.8) is 0 Å². The van der Waals surface area contributed by atoms with Gasteiger partial charge in [-0.2, -0.15) is 0 Å². The molecule has 6 heteroatoms. The van der Waals surface area contributed by atoms with Crippen LogP contribution >= 0.6 is 23.2 Å². The molecule has 2 aromatic rings. The first-order valence-corrected chi connectivity index (χ1v) is 8.80. The molecule has 130 valence electrons. The molecule has 3 rings (SSSR count). The van der Waals surface area contributed by atoms with E-state index in [1.54, 1.807) is 31.2 Å². The van der Waals surface area contributed by atoms with Crippen LogP contribution < -0.4 is 10.6 Å². The summed E-state index contributed by atoms with van der Waals surface area (Å²) < 4.78 is 0. The molecule has 0 saturated carbocycles. The third kappa shape index (κ3) is 3.97. The molecule has 0 spiro atoms. The second kappa shape index (κ2) is 7.46. The van der Waals surface area contributed by atoms with Crippen LogP contribution in [0, 0.1) is 11.8 Å². The van der Waals surface area contributed by atoms with Crippen LogP contribution in [0.2, 0.25) is 10.0 Å². The molecule has 25 heavy (non-hydrogen) atoms. The maximum Gasteiger partial charge on any atom is 0.226 e. The standard InChI is InChI=1S/C19H18Cl2N2O2/c1-11-16(10-22-18(11)24)19(25)23-17(12-2-6-14(20)7-3-12)13-4-8-15(21)9-5-13/h2-9,11,16-17H,10H2,1H3,(H,22,24)(H,23,25)/t11-,16-/m0/s1. The van der Waals surface area contributed by atoms with Crippen molar-refractivity contribution in [3.8, 4) is 0 Å². The van der Waals surface area contributed by atoms with Crippen LogP contribution in [0.25, 0.3) is 0 Å². The average Bonchev–Trinajstić information content (AvgIpc) is 2.94. The van der Waals surface area contributed by atoms with E-state index in [4.69, 9.17) is 23.2 Å². The predicted molar refractivity (Wildman–Crippen MR) is 98.6 cm³/mol. The molecule has 1 fully saturated rings. The predicted octanol–water partition coefficient (Wildman–Crippen LogP) is 3.58. The lowest BCUT2D eigenvalue weighted by atomic mass is 9.94. The van der Waals surface area contributed by atoms with Crippen LogP contribution in [0.5, 0.6) is 0 Å². The van der Waals surface area contributed by atoms with Gasteiger partial charge in [-0.15, -0.1) is 0 Å². The quantitative estimate of drug-likeness (QED) is 0.856. The van der Waals surface area contributed by atoms with Crippen molar-refractivity contribution >= 4 is 35.0 Å². The van der Waals surface area contributed by atoms with Gasteiger partial charge in [0.1, 0.15) is 0 Å². The van der Waals surface area contributed by atoms with Crippen molar-refractivity contribution in [3.05, 3.63) is 69.7 Å². The first-order valence-electron chi connectivity index (χ1n) is 8.04. The van der Waals surface area contributed by atoms with Crippen LogP contribution in [-0.2, 0) is 9.59 Å². The largest absolute Gasteiger partial charge is 0.355 e. The summed E-state index contributed by atoms with van der Waals surface area (Å²) in [4.78, 5) is 24.4. The fourth-order valence-corrected chi connectivity index (χ4v) is 3.22. The first-order chi connectivity index (χ1) is 12.0. The number of rotatable bonds is 4. The number of benzene rings is 2. The summed E-state index contributed by atoms with van der Waals surface area (Å²) in [7, 11) is 0. The van der Waals surface area contributed by atoms with Crippen molar-refractivity contribution in [2.24, 2.45) is 11.8 Å². The normalized spacial score (nSPS) is 19.8. The molecule has 1 aliphatic rings. The van der Waals surface area contributed by atoms with Gasteiger partial charge in [0.15, 0.2) is 0 Å². The minimum Gasteiger partial charge on any atom is -0.355 e. The topological polar surface area (TPSA) is 58.2 Å². The van der Waals surface area contributed by atoms with Gasteiger partial charge in [-0.1, -0.05) is 54.4 Å². The van der Waals surface area contributed by atoms with E-state index < -0.39 is 0 Å². The van der Waals surface area contributed by atoms with Crippen molar-refractivity contribution < 1.29 is 9.59 Å². The molecule has 2 aromatic carbocycles. The van der Waals surface area contributed by atoms with E-state index in [2.05, 4.69) is 10.6 Å². The van der Waals surface area contributed by atoms with E-state index >= 15 is 0 Å². The Balaban J connectivity index is 1.88. The number of nitrogens with one attached hydrogen (secondary N) is 2. The molecule has 0 aromatic heterocycles. The van der Waals surface area contributed by atoms with Crippen molar-refractivity contribution in [1.82, 2.24) is 10.6 Å². The highest BCUT2D eigenvalue weighted by Crippen LogP contribution is 2.26. The molecular formula is C19H18Cl2N2O2. The number of halogens is 2. The summed E-state index contributed by atoms with van der Waals surface area (Å²) in [5, 5.41) is 7.06. The minimum absolute atomic E-state index is 0.0883. The van der Waals surface area contributed by atoms with E-state index in [9.17, 15) is 9.59 Å². The zero-order chi connectivity index (χ0) is 18.0. The van der Waals surface area contributed by atoms with Crippen molar-refractivity contribution in [1.29, 1.82) is 0 Å². The number of carbonyl (C=O) groups is 2. The Bertz CT molecular complexity index is 730. The third-order valence-corrected chi connectivity index (χ3v) is 5.05. The first kappa shape index (κ1) is 17.8. The van der Waals surface area contributed by atoms with Gasteiger partial charge in [-0.05, 0) is 35.4 Å². The highest BCUT2D eigenvalue weighted by molar-refractivity contribution is 6.30. The van der Waals surface area contributed by atoms with E-state index in [0.717, 1.165) is 11.1 Å². The molecule has 2 atom stereocenters. The van der Waals surface area contributed by atoms with Gasteiger partial charge in [0, 0.05) is 22.5 Å². The second-order valence-electron chi connectivity index (χ2n) is 6.19. The second-order valence-corrected chi connectivity index (χ2v) is 7.06. The molecule has 1 saturated heterocycles. The maximum atomic E-state index is 12.7. The zero-order valence-corrected chi connectivity index (χ0v) is 15.1. The van der Waals surface area contributed by atoms with Gasteiger partial charge in [0.2, 0.25) is 11.8 Å². The molecule has 2 N–H and O–H groups in total. The van der Waals surface area contributed by atoms with Gasteiger partial charge in [0.05, 0.1) is 12.0 Å². The molecule has 2 amide bonds. The highest BCUT2D eigenvalue weighted by Gasteiger charge is 2.36. The molecule has 1 heterocycles. The lowest BCUT2D eigenvalue weighted by molar-refractivity contribution is -0.129. The Hall–Kier alpha value is -2.04. The van der Waals surface area contributed by atoms with Gasteiger partial charge in [0.25, 0.3) is 0 Å². The van der Waals surface area contributed by atoms with Crippen molar-refractivity contribution in [2.45, 2.75) is 13.0 Å². The monoisotopic (exact) mass is 376 g/mol. The molecule has 4 nitrogen and oxygen atoms in total. The highest BCUT2D eigenvalue weighted by atomic mass is 35.5. The molecule has 0 bridgehead atoms. The molecular weight excluding hydrogens is 359 g/mol. The Morgan fingerprint density at radius 1 is 1.04 bits per heavy atom. The zero-order valence-electron chi connectivity index (χ0n) is 13.6. The summed E-state index contributed by atoms with van der Waals surface area (Å²) in [5.41, 5.74) is 1.81. The van der Waals surface area contributed by atoms with E-state index in [1.165, 1.54) is 0 Å². The van der Waals surface area contributed by atoms with Crippen LogP contribution in [0.4, 0.5) is 0 Å². The van der Waals surface area contributed by atoms with Gasteiger partial charge in [-0.25, -0.2) is 0 Å². The summed E-state index contributed by atoms with van der Waals surface area (Å²) in [6, 6.07) is 14.3. The SMILES string of the molecule is C[C@@H]1C(=O)NC[C@@H]1C(=O)NC(c1ccc(Cl)cc1)c1ccc(Cl)cc1. The molecule has 0 radical (unpaired) electrons. The Kier molecular flexibility index (Phi) is 5.30. The fraction of sp³-hybridized carbons (Fsp3) is 0.263. The summed E-state index contributed by atoms with van der Waals surface area (Å²) in [6.45, 7) is 2.13. The number of hydrogen-bond donors (Lipinski definition) is 2. The summed E-state index contributed by atoms with van der Waals surface area (Å²) >= 11 is 12.0. The molecule has 0 unspecified atom stereocenters. The number of amides is 2. The van der Waals surface area contributed by atoms with Crippen LogP contribution in [0.15, 0.2) is 48.5 Å². The van der Waals surface area contributed by atoms with Gasteiger partial charge < -0.3 is 10.6 Å². The maximum absolute atomic E-state index is 12.7. The van der Waals surface area contributed by atoms with Gasteiger partial charge >= 0.3 is 0 Å². The summed E-state index contributed by atoms with van der Waals surface area (Å²) in [5.74, 6) is -0.957. The van der Waals surface area contributed by atoms with E-state index in [1.807, 2.05) is 24.3 Å². The molecule has 1 aliphatic heterocycles. The Labute approximate surface area is 156 Å². The molecule has 0 aliphatic carbocycles. The number of hydrogen-bond acceptors (Lipinski definition) is 2. The fourth-order valence-electron chi connectivity index (χ4n) is 2.97. The average molecular weight is 377 g/mol. The lowest BCUT2D eigenvalue weighted by Gasteiger charge is -2.23.